The molecule has 2 aromatic heterocycles. The van der Waals surface area contributed by atoms with E-state index in [1.165, 1.54) is 0 Å². The highest BCUT2D eigenvalue weighted by Gasteiger charge is 2.24. The summed E-state index contributed by atoms with van der Waals surface area (Å²) in [6.07, 6.45) is 4.43. The van der Waals surface area contributed by atoms with Gasteiger partial charge in [0.25, 0.3) is 0 Å². The molecule has 6 nitrogen and oxygen atoms in total. The van der Waals surface area contributed by atoms with E-state index in [9.17, 15) is 4.79 Å². The molecule has 2 aromatic rings. The Balaban J connectivity index is 1.60. The molecule has 0 bridgehead atoms. The molecule has 25 heavy (non-hydrogen) atoms. The van der Waals surface area contributed by atoms with E-state index in [2.05, 4.69) is 21.4 Å². The fraction of sp³-hybridized carbons (Fsp3) is 0.421. The highest BCUT2D eigenvalue weighted by atomic mass is 16.5. The first-order valence-corrected chi connectivity index (χ1v) is 8.72. The predicted molar refractivity (Wildman–Crippen MR) is 97.0 cm³/mol. The average molecular weight is 340 g/mol. The summed E-state index contributed by atoms with van der Waals surface area (Å²) in [5.74, 6) is 0.991. The van der Waals surface area contributed by atoms with Gasteiger partial charge in [0.2, 0.25) is 5.88 Å². The van der Waals surface area contributed by atoms with E-state index in [0.717, 1.165) is 49.4 Å². The van der Waals surface area contributed by atoms with E-state index in [0.29, 0.717) is 11.8 Å². The van der Waals surface area contributed by atoms with Crippen molar-refractivity contribution in [3.63, 3.8) is 0 Å². The van der Waals surface area contributed by atoms with Crippen LogP contribution in [0.5, 0.6) is 5.88 Å². The summed E-state index contributed by atoms with van der Waals surface area (Å²) in [7, 11) is 1.59. The maximum absolute atomic E-state index is 12.6. The van der Waals surface area contributed by atoms with Gasteiger partial charge in [-0.3, -0.25) is 4.98 Å². The van der Waals surface area contributed by atoms with Crippen LogP contribution < -0.4 is 10.1 Å². The summed E-state index contributed by atoms with van der Waals surface area (Å²) < 4.78 is 5.15. The third-order valence-electron chi connectivity index (χ3n) is 4.62. The molecule has 132 valence electrons. The third kappa shape index (κ3) is 4.07. The van der Waals surface area contributed by atoms with Crippen LogP contribution in [0, 0.1) is 0 Å². The Morgan fingerprint density at radius 1 is 1.28 bits per heavy atom. The number of carbonyl (C=O) groups excluding carboxylic acids is 1. The molecule has 0 spiro atoms. The minimum Gasteiger partial charge on any atom is -0.481 e. The van der Waals surface area contributed by atoms with Crippen molar-refractivity contribution in [2.45, 2.75) is 32.1 Å². The number of hydrogen-bond acceptors (Lipinski definition) is 4. The largest absolute Gasteiger partial charge is 0.481 e. The Labute approximate surface area is 148 Å². The monoisotopic (exact) mass is 340 g/mol. The summed E-state index contributed by atoms with van der Waals surface area (Å²) in [6.45, 7) is 3.48. The number of nitrogens with one attached hydrogen (secondary N) is 1. The van der Waals surface area contributed by atoms with Crippen molar-refractivity contribution in [1.29, 1.82) is 0 Å². The van der Waals surface area contributed by atoms with Crippen LogP contribution in [0.15, 0.2) is 36.5 Å². The molecule has 1 saturated heterocycles. The first-order valence-electron chi connectivity index (χ1n) is 8.72. The SMILES string of the molecule is CCc1nc(OC)ccc1NC(=O)N1CCC(c2ccccn2)CC1. The molecular formula is C19H24N4O2. The number of hydrogen-bond donors (Lipinski definition) is 1. The topological polar surface area (TPSA) is 67.3 Å². The molecule has 3 heterocycles. The second-order valence-corrected chi connectivity index (χ2v) is 6.15. The molecule has 2 amide bonds. The van der Waals surface area contributed by atoms with E-state index in [1.807, 2.05) is 36.2 Å². The third-order valence-corrected chi connectivity index (χ3v) is 4.62. The number of ether oxygens (including phenoxy) is 1. The molecule has 3 rings (SSSR count). The van der Waals surface area contributed by atoms with Gasteiger partial charge in [0.05, 0.1) is 18.5 Å². The highest BCUT2D eigenvalue weighted by Crippen LogP contribution is 2.27. The van der Waals surface area contributed by atoms with Crippen LogP contribution in [0.4, 0.5) is 10.5 Å². The summed E-state index contributed by atoms with van der Waals surface area (Å²) in [6, 6.07) is 9.56. The minimum atomic E-state index is -0.0684. The summed E-state index contributed by atoms with van der Waals surface area (Å²) in [5, 5.41) is 2.99. The molecule has 0 aromatic carbocycles. The smallest absolute Gasteiger partial charge is 0.321 e. The molecular weight excluding hydrogens is 316 g/mol. The van der Waals surface area contributed by atoms with E-state index >= 15 is 0 Å². The molecule has 0 radical (unpaired) electrons. The molecule has 1 fully saturated rings. The van der Waals surface area contributed by atoms with Crippen molar-refractivity contribution in [3.8, 4) is 5.88 Å². The Hall–Kier alpha value is -2.63. The number of carbonyl (C=O) groups is 1. The van der Waals surface area contributed by atoms with E-state index < -0.39 is 0 Å². The van der Waals surface area contributed by atoms with Gasteiger partial charge in [0.1, 0.15) is 0 Å². The molecule has 6 heteroatoms. The number of anilines is 1. The van der Waals surface area contributed by atoms with Gasteiger partial charge in [-0.05, 0) is 37.5 Å². The standard InChI is InChI=1S/C19H24N4O2/c1-3-15-17(7-8-18(21-15)25-2)22-19(24)23-12-9-14(10-13-23)16-6-4-5-11-20-16/h4-8,11,14H,3,9-10,12-13H2,1-2H3,(H,22,24). The zero-order valence-electron chi connectivity index (χ0n) is 14.7. The normalized spacial score (nSPS) is 15.0. The Morgan fingerprint density at radius 3 is 2.72 bits per heavy atom. The number of likely N-dealkylation sites (tertiary alicyclic amines) is 1. The van der Waals surface area contributed by atoms with E-state index in [-0.39, 0.29) is 6.03 Å². The molecule has 0 unspecified atom stereocenters. The lowest BCUT2D eigenvalue weighted by atomic mass is 9.93. The van der Waals surface area contributed by atoms with Crippen molar-refractivity contribution in [3.05, 3.63) is 47.9 Å². The van der Waals surface area contributed by atoms with Crippen LogP contribution in [0.1, 0.15) is 37.1 Å². The van der Waals surface area contributed by atoms with Gasteiger partial charge < -0.3 is 15.0 Å². The summed E-state index contributed by atoms with van der Waals surface area (Å²) in [5.41, 5.74) is 2.70. The summed E-state index contributed by atoms with van der Waals surface area (Å²) in [4.78, 5) is 23.3. The first-order chi connectivity index (χ1) is 12.2. The lowest BCUT2D eigenvalue weighted by Gasteiger charge is -2.31. The number of nitrogens with zero attached hydrogens (tertiary/aromatic N) is 3. The van der Waals surface area contributed by atoms with Gasteiger partial charge in [0, 0.05) is 37.0 Å². The minimum absolute atomic E-state index is 0.0684. The molecule has 1 N–H and O–H groups in total. The maximum Gasteiger partial charge on any atom is 0.321 e. The lowest BCUT2D eigenvalue weighted by molar-refractivity contribution is 0.194. The van der Waals surface area contributed by atoms with Crippen LogP contribution in [0.2, 0.25) is 0 Å². The second kappa shape index (κ2) is 7.96. The number of aryl methyl sites for hydroxylation is 1. The molecule has 1 aliphatic rings. The van der Waals surface area contributed by atoms with Crippen molar-refractivity contribution in [2.24, 2.45) is 0 Å². The van der Waals surface area contributed by atoms with Crippen LogP contribution in [0.25, 0.3) is 0 Å². The van der Waals surface area contributed by atoms with Gasteiger partial charge >= 0.3 is 6.03 Å². The molecule has 1 aliphatic heterocycles. The lowest BCUT2D eigenvalue weighted by Crippen LogP contribution is -2.40. The Kier molecular flexibility index (Phi) is 5.48. The summed E-state index contributed by atoms with van der Waals surface area (Å²) >= 11 is 0. The van der Waals surface area contributed by atoms with E-state index in [4.69, 9.17) is 4.74 Å². The Bertz CT molecular complexity index is 713. The number of piperidine rings is 1. The van der Waals surface area contributed by atoms with Gasteiger partial charge in [-0.15, -0.1) is 0 Å². The highest BCUT2D eigenvalue weighted by molar-refractivity contribution is 5.90. The number of rotatable bonds is 4. The van der Waals surface area contributed by atoms with Gasteiger partial charge in [-0.25, -0.2) is 9.78 Å². The van der Waals surface area contributed by atoms with Crippen LogP contribution in [-0.4, -0.2) is 41.1 Å². The van der Waals surface area contributed by atoms with Crippen molar-refractivity contribution < 1.29 is 9.53 Å². The van der Waals surface area contributed by atoms with Gasteiger partial charge in [-0.2, -0.15) is 0 Å². The van der Waals surface area contributed by atoms with Crippen molar-refractivity contribution >= 4 is 11.7 Å². The fourth-order valence-electron chi connectivity index (χ4n) is 3.17. The second-order valence-electron chi connectivity index (χ2n) is 6.15. The quantitative estimate of drug-likeness (QED) is 0.925. The number of aromatic nitrogens is 2. The Morgan fingerprint density at radius 2 is 2.08 bits per heavy atom. The van der Waals surface area contributed by atoms with Gasteiger partial charge in [-0.1, -0.05) is 13.0 Å². The zero-order chi connectivity index (χ0) is 17.6. The van der Waals surface area contributed by atoms with Crippen LogP contribution in [-0.2, 0) is 6.42 Å². The number of pyridine rings is 2. The number of urea groups is 1. The first kappa shape index (κ1) is 17.2. The number of methoxy groups -OCH3 is 1. The predicted octanol–water partition coefficient (Wildman–Crippen LogP) is 3.46. The zero-order valence-corrected chi connectivity index (χ0v) is 14.7. The maximum atomic E-state index is 12.6. The fourth-order valence-corrected chi connectivity index (χ4v) is 3.17. The van der Waals surface area contributed by atoms with Crippen LogP contribution in [0.3, 0.4) is 0 Å². The number of amides is 2. The molecule has 0 aliphatic carbocycles. The van der Waals surface area contributed by atoms with E-state index in [1.54, 1.807) is 13.2 Å². The molecule has 0 saturated carbocycles. The average Bonchev–Trinajstić information content (AvgIpc) is 2.69. The van der Waals surface area contributed by atoms with Gasteiger partial charge in [0.15, 0.2) is 0 Å². The van der Waals surface area contributed by atoms with Crippen molar-refractivity contribution in [1.82, 2.24) is 14.9 Å². The molecule has 0 atom stereocenters. The van der Waals surface area contributed by atoms with Crippen molar-refractivity contribution in [2.75, 3.05) is 25.5 Å². The van der Waals surface area contributed by atoms with Crippen LogP contribution >= 0.6 is 0 Å².